The van der Waals surface area contributed by atoms with E-state index in [4.69, 9.17) is 0 Å². The van der Waals surface area contributed by atoms with Crippen molar-refractivity contribution in [3.63, 3.8) is 0 Å². The first kappa shape index (κ1) is 33.4. The molecule has 3 fully saturated rings. The summed E-state index contributed by atoms with van der Waals surface area (Å²) in [5.41, 5.74) is -0.253. The predicted molar refractivity (Wildman–Crippen MR) is 136 cm³/mol. The average molecular weight is 655 g/mol. The molecule has 3 heterocycles. The Labute approximate surface area is 242 Å². The van der Waals surface area contributed by atoms with Gasteiger partial charge < -0.3 is 14.5 Å². The van der Waals surface area contributed by atoms with Crippen LogP contribution in [-0.2, 0) is 27.5 Å². The second-order valence-corrected chi connectivity index (χ2v) is 13.3. The Morgan fingerprint density at radius 1 is 0.884 bits per heavy atom. The lowest BCUT2D eigenvalue weighted by molar-refractivity contribution is -0.308. The largest absolute Gasteiger partial charge is 0.434 e. The van der Waals surface area contributed by atoms with Crippen molar-refractivity contribution in [1.82, 2.24) is 14.1 Å². The van der Waals surface area contributed by atoms with Crippen molar-refractivity contribution in [3.8, 4) is 0 Å². The van der Waals surface area contributed by atoms with Crippen LogP contribution in [-0.4, -0.2) is 106 Å². The summed E-state index contributed by atoms with van der Waals surface area (Å²) < 4.78 is 147. The van der Waals surface area contributed by atoms with Crippen LogP contribution in [0.1, 0.15) is 30.4 Å². The molecule has 1 aromatic rings. The second-order valence-electron chi connectivity index (χ2n) is 11.3. The topological polar surface area (TPSA) is 73.4 Å². The van der Waals surface area contributed by atoms with Crippen molar-refractivity contribution in [1.29, 1.82) is 0 Å². The Morgan fingerprint density at radius 2 is 1.44 bits per heavy atom. The van der Waals surface area contributed by atoms with E-state index in [1.807, 2.05) is 4.90 Å². The summed E-state index contributed by atoms with van der Waals surface area (Å²) in [6.45, 7) is 1.21. The van der Waals surface area contributed by atoms with Gasteiger partial charge in [0.05, 0.1) is 11.8 Å². The van der Waals surface area contributed by atoms with Gasteiger partial charge in [-0.2, -0.15) is 39.5 Å². The van der Waals surface area contributed by atoms with E-state index in [1.165, 1.54) is 10.4 Å². The Bertz CT molecular complexity index is 1260. The zero-order chi connectivity index (χ0) is 32.0. The van der Waals surface area contributed by atoms with Crippen molar-refractivity contribution >= 4 is 21.8 Å². The number of amides is 1. The number of halogens is 9. The minimum atomic E-state index is -5.84. The molecule has 0 N–H and O–H groups in total. The van der Waals surface area contributed by atoms with Crippen LogP contribution in [0.4, 0.5) is 50.0 Å². The molecule has 1 amide bonds. The maximum absolute atomic E-state index is 13.6. The number of hydrogen-bond donors (Lipinski definition) is 0. The van der Waals surface area contributed by atoms with E-state index in [2.05, 4.69) is 4.74 Å². The third-order valence-corrected chi connectivity index (χ3v) is 9.54. The SMILES string of the molecule is CS(=O)(=O)N1CCC2(CCN(c3cc(C(F)(F)F)ccc3CN3CCN(C(=O)OC(C(F)(F)F)C(F)(F)F)CC3)CC2)C1. The van der Waals surface area contributed by atoms with Crippen LogP contribution in [0.25, 0.3) is 0 Å². The molecule has 0 saturated carbocycles. The lowest BCUT2D eigenvalue weighted by Gasteiger charge is -2.41. The molecule has 18 heteroatoms. The quantitative estimate of drug-likeness (QED) is 0.429. The third kappa shape index (κ3) is 7.98. The Balaban J connectivity index is 1.42. The maximum atomic E-state index is 13.6. The molecule has 1 spiro atoms. The molecule has 0 aromatic heterocycles. The maximum Gasteiger partial charge on any atom is 0.434 e. The van der Waals surface area contributed by atoms with Gasteiger partial charge in [-0.15, -0.1) is 0 Å². The normalized spacial score (nSPS) is 21.2. The minimum Gasteiger partial charge on any atom is -0.426 e. The van der Waals surface area contributed by atoms with Crippen molar-refractivity contribution < 1.29 is 57.5 Å². The fourth-order valence-corrected chi connectivity index (χ4v) is 6.73. The third-order valence-electron chi connectivity index (χ3n) is 8.29. The van der Waals surface area contributed by atoms with Gasteiger partial charge in [0.15, 0.2) is 0 Å². The van der Waals surface area contributed by atoms with Gasteiger partial charge in [0.1, 0.15) is 0 Å². The van der Waals surface area contributed by atoms with Gasteiger partial charge in [-0.1, -0.05) is 6.07 Å². The van der Waals surface area contributed by atoms with E-state index in [0.717, 1.165) is 23.3 Å². The number of ether oxygens (including phenoxy) is 1. The first-order chi connectivity index (χ1) is 19.7. The number of rotatable bonds is 5. The number of hydrogen-bond acceptors (Lipinski definition) is 6. The van der Waals surface area contributed by atoms with Gasteiger partial charge in [0, 0.05) is 64.6 Å². The fourth-order valence-electron chi connectivity index (χ4n) is 5.80. The molecule has 3 aliphatic heterocycles. The highest BCUT2D eigenvalue weighted by atomic mass is 32.2. The van der Waals surface area contributed by atoms with E-state index < -0.39 is 46.3 Å². The molecular formula is C25H31F9N4O4S. The second kappa shape index (κ2) is 11.8. The van der Waals surface area contributed by atoms with Crippen LogP contribution >= 0.6 is 0 Å². The zero-order valence-electron chi connectivity index (χ0n) is 23.0. The average Bonchev–Trinajstić information content (AvgIpc) is 3.30. The monoisotopic (exact) mass is 654 g/mol. The number of piperidine rings is 1. The Morgan fingerprint density at radius 3 is 1.93 bits per heavy atom. The van der Waals surface area contributed by atoms with Gasteiger partial charge in [0.2, 0.25) is 10.0 Å². The van der Waals surface area contributed by atoms with Gasteiger partial charge in [-0.25, -0.2) is 17.5 Å². The highest BCUT2D eigenvalue weighted by molar-refractivity contribution is 7.88. The van der Waals surface area contributed by atoms with Crippen LogP contribution in [0.15, 0.2) is 18.2 Å². The standard InChI is InChI=1S/C25H31F9N4O4S/c1-43(40,41)38-9-6-22(16-38)4-7-36(8-5-22)19-14-18(23(26,27)28)3-2-17(19)15-35-10-12-37(13-11-35)21(39)42-20(24(29,30)31)25(32,33)34/h2-3,14,20H,4-13,15-16H2,1H3. The summed E-state index contributed by atoms with van der Waals surface area (Å²) in [6, 6.07) is 3.32. The van der Waals surface area contributed by atoms with Gasteiger partial charge in [-0.3, -0.25) is 4.90 Å². The number of carbonyl (C=O) groups is 1. The van der Waals surface area contributed by atoms with Crippen molar-refractivity contribution in [3.05, 3.63) is 29.3 Å². The molecule has 0 atom stereocenters. The van der Waals surface area contributed by atoms with Crippen LogP contribution in [0, 0.1) is 5.41 Å². The number of alkyl halides is 9. The van der Waals surface area contributed by atoms with E-state index >= 15 is 0 Å². The van der Waals surface area contributed by atoms with E-state index in [9.17, 15) is 52.7 Å². The van der Waals surface area contributed by atoms with Crippen molar-refractivity contribution in [2.45, 2.75) is 50.4 Å². The lowest BCUT2D eigenvalue weighted by atomic mass is 9.77. The van der Waals surface area contributed by atoms with Gasteiger partial charge >= 0.3 is 24.6 Å². The number of anilines is 1. The van der Waals surface area contributed by atoms with Crippen LogP contribution in [0.2, 0.25) is 0 Å². The van der Waals surface area contributed by atoms with E-state index in [0.29, 0.717) is 56.7 Å². The fraction of sp³-hybridized carbons (Fsp3) is 0.720. The van der Waals surface area contributed by atoms with Crippen LogP contribution < -0.4 is 4.90 Å². The van der Waals surface area contributed by atoms with Gasteiger partial charge in [-0.05, 0) is 42.4 Å². The van der Waals surface area contributed by atoms with E-state index in [1.54, 1.807) is 4.90 Å². The summed E-state index contributed by atoms with van der Waals surface area (Å²) >= 11 is 0. The molecule has 4 rings (SSSR count). The van der Waals surface area contributed by atoms with Crippen molar-refractivity contribution in [2.24, 2.45) is 5.41 Å². The minimum absolute atomic E-state index is 0.0305. The van der Waals surface area contributed by atoms with E-state index in [-0.39, 0.29) is 38.1 Å². The lowest BCUT2D eigenvalue weighted by Crippen LogP contribution is -2.52. The summed E-state index contributed by atoms with van der Waals surface area (Å²) in [4.78, 5) is 16.3. The molecule has 0 aliphatic carbocycles. The summed E-state index contributed by atoms with van der Waals surface area (Å²) in [7, 11) is -3.36. The Kier molecular flexibility index (Phi) is 9.17. The molecule has 0 radical (unpaired) electrons. The molecule has 43 heavy (non-hydrogen) atoms. The highest BCUT2D eigenvalue weighted by Crippen LogP contribution is 2.43. The highest BCUT2D eigenvalue weighted by Gasteiger charge is 2.60. The molecule has 1 aromatic carbocycles. The summed E-state index contributed by atoms with van der Waals surface area (Å²) in [5.74, 6) is 0. The number of nitrogens with zero attached hydrogens (tertiary/aromatic N) is 4. The first-order valence-corrected chi connectivity index (χ1v) is 15.2. The number of piperazine rings is 1. The first-order valence-electron chi connectivity index (χ1n) is 13.4. The van der Waals surface area contributed by atoms with Crippen LogP contribution in [0.3, 0.4) is 0 Å². The van der Waals surface area contributed by atoms with Gasteiger partial charge in [0.25, 0.3) is 6.10 Å². The molecule has 8 nitrogen and oxygen atoms in total. The molecule has 3 saturated heterocycles. The number of sulfonamides is 1. The number of benzene rings is 1. The zero-order valence-corrected chi connectivity index (χ0v) is 23.8. The molecule has 3 aliphatic rings. The van der Waals surface area contributed by atoms with Crippen LogP contribution in [0.5, 0.6) is 0 Å². The smallest absolute Gasteiger partial charge is 0.426 e. The molecular weight excluding hydrogens is 623 g/mol. The number of carbonyl (C=O) groups excluding carboxylic acids is 1. The predicted octanol–water partition coefficient (Wildman–Crippen LogP) is 4.70. The Hall–Kier alpha value is -2.47. The molecule has 0 unspecified atom stereocenters. The summed E-state index contributed by atoms with van der Waals surface area (Å²) in [6.07, 6.45) is -19.4. The van der Waals surface area contributed by atoms with Crippen molar-refractivity contribution in [2.75, 3.05) is 63.5 Å². The molecule has 0 bridgehead atoms. The summed E-state index contributed by atoms with van der Waals surface area (Å²) in [5, 5.41) is 0. The molecule has 244 valence electrons.